The summed E-state index contributed by atoms with van der Waals surface area (Å²) in [5, 5.41) is 3.86. The van der Waals surface area contributed by atoms with Crippen LogP contribution in [0.2, 0.25) is 0 Å². The number of carbonyl (C=O) groups is 1. The lowest BCUT2D eigenvalue weighted by molar-refractivity contribution is -0.116. The van der Waals surface area contributed by atoms with Crippen molar-refractivity contribution in [2.24, 2.45) is 0 Å². The minimum absolute atomic E-state index is 0.138. The minimum atomic E-state index is -0.369. The lowest BCUT2D eigenvalue weighted by Crippen LogP contribution is -2.12. The highest BCUT2D eigenvalue weighted by atomic mass is 32.1. The van der Waals surface area contributed by atoms with E-state index in [0.29, 0.717) is 23.6 Å². The summed E-state index contributed by atoms with van der Waals surface area (Å²) in [7, 11) is 0. The molecule has 4 rings (SSSR count). The van der Waals surface area contributed by atoms with Crippen LogP contribution in [0.4, 0.5) is 10.1 Å². The quantitative estimate of drug-likeness (QED) is 0.530. The minimum Gasteiger partial charge on any atom is -0.441 e. The van der Waals surface area contributed by atoms with E-state index in [1.165, 1.54) is 12.3 Å². The second-order valence-corrected chi connectivity index (χ2v) is 7.30. The third-order valence-corrected chi connectivity index (χ3v) is 4.97. The van der Waals surface area contributed by atoms with Crippen molar-refractivity contribution in [2.75, 3.05) is 5.32 Å². The Morgan fingerprint density at radius 3 is 2.96 bits per heavy atom. The molecule has 5 nitrogen and oxygen atoms in total. The first-order valence-corrected chi connectivity index (χ1v) is 9.27. The number of thiazole rings is 1. The van der Waals surface area contributed by atoms with Gasteiger partial charge in [-0.2, -0.15) is 0 Å². The molecule has 0 atom stereocenters. The van der Waals surface area contributed by atoms with Crippen LogP contribution in [-0.2, 0) is 11.2 Å². The molecule has 27 heavy (non-hydrogen) atoms. The zero-order chi connectivity index (χ0) is 18.8. The van der Waals surface area contributed by atoms with Crippen molar-refractivity contribution in [1.29, 1.82) is 0 Å². The number of anilines is 1. The standard InChI is InChI=1S/C20H16FN3O2S/c1-12-23-16-7-6-13(10-18(16)27-12)24-19(25)8-9-20-22-11-17(26-20)14-4-2-3-5-15(14)21/h2-7,10-11H,8-9H2,1H3,(H,24,25). The number of nitrogens with one attached hydrogen (secondary N) is 1. The predicted molar refractivity (Wildman–Crippen MR) is 103 cm³/mol. The number of aromatic nitrogens is 2. The zero-order valence-electron chi connectivity index (χ0n) is 14.5. The third-order valence-electron chi connectivity index (χ3n) is 4.04. The molecule has 0 aliphatic rings. The second kappa shape index (κ2) is 7.28. The van der Waals surface area contributed by atoms with Gasteiger partial charge in [-0.25, -0.2) is 14.4 Å². The molecule has 1 amide bonds. The largest absolute Gasteiger partial charge is 0.441 e. The highest BCUT2D eigenvalue weighted by Gasteiger charge is 2.12. The van der Waals surface area contributed by atoms with Crippen molar-refractivity contribution < 1.29 is 13.6 Å². The number of amides is 1. The first-order valence-electron chi connectivity index (χ1n) is 8.45. The first kappa shape index (κ1) is 17.4. The van der Waals surface area contributed by atoms with Crippen LogP contribution in [0.1, 0.15) is 17.3 Å². The number of hydrogen-bond acceptors (Lipinski definition) is 5. The van der Waals surface area contributed by atoms with Gasteiger partial charge in [-0.15, -0.1) is 11.3 Å². The van der Waals surface area contributed by atoms with Crippen LogP contribution in [0.3, 0.4) is 0 Å². The molecule has 0 saturated heterocycles. The van der Waals surface area contributed by atoms with Gasteiger partial charge in [0.15, 0.2) is 11.7 Å². The fraction of sp³-hybridized carbons (Fsp3) is 0.150. The summed E-state index contributed by atoms with van der Waals surface area (Å²) in [5.41, 5.74) is 2.01. The SMILES string of the molecule is Cc1nc2ccc(NC(=O)CCc3ncc(-c4ccccc4F)o3)cc2s1. The number of nitrogens with zero attached hydrogens (tertiary/aromatic N) is 2. The lowest BCUT2D eigenvalue weighted by atomic mass is 10.2. The number of oxazole rings is 1. The second-order valence-electron chi connectivity index (χ2n) is 6.06. The van der Waals surface area contributed by atoms with Crippen molar-refractivity contribution in [3.05, 3.63) is 65.4 Å². The Morgan fingerprint density at radius 2 is 2.11 bits per heavy atom. The van der Waals surface area contributed by atoms with E-state index in [-0.39, 0.29) is 18.1 Å². The maximum Gasteiger partial charge on any atom is 0.224 e. The highest BCUT2D eigenvalue weighted by Crippen LogP contribution is 2.25. The van der Waals surface area contributed by atoms with Gasteiger partial charge in [-0.3, -0.25) is 4.79 Å². The molecular weight excluding hydrogens is 365 g/mol. The number of benzene rings is 2. The Kier molecular flexibility index (Phi) is 4.68. The number of fused-ring (bicyclic) bond motifs is 1. The van der Waals surface area contributed by atoms with Gasteiger partial charge in [-0.05, 0) is 37.3 Å². The van der Waals surface area contributed by atoms with Gasteiger partial charge in [0.05, 0.1) is 27.0 Å². The Morgan fingerprint density at radius 1 is 1.26 bits per heavy atom. The average molecular weight is 381 g/mol. The molecule has 0 unspecified atom stereocenters. The molecule has 0 bridgehead atoms. The van der Waals surface area contributed by atoms with Gasteiger partial charge in [0.25, 0.3) is 0 Å². The molecule has 136 valence electrons. The highest BCUT2D eigenvalue weighted by molar-refractivity contribution is 7.18. The average Bonchev–Trinajstić information content (AvgIpc) is 3.25. The summed E-state index contributed by atoms with van der Waals surface area (Å²) < 4.78 is 20.4. The number of aryl methyl sites for hydroxylation is 2. The van der Waals surface area contributed by atoms with Crippen molar-refractivity contribution in [3.63, 3.8) is 0 Å². The summed E-state index contributed by atoms with van der Waals surface area (Å²) in [4.78, 5) is 20.7. The van der Waals surface area contributed by atoms with Crippen LogP contribution in [0.15, 0.2) is 53.1 Å². The molecule has 0 spiro atoms. The fourth-order valence-electron chi connectivity index (χ4n) is 2.77. The van der Waals surface area contributed by atoms with Gasteiger partial charge in [0.2, 0.25) is 5.91 Å². The van der Waals surface area contributed by atoms with E-state index in [1.807, 2.05) is 25.1 Å². The third kappa shape index (κ3) is 3.88. The van der Waals surface area contributed by atoms with Crippen molar-refractivity contribution in [3.8, 4) is 11.3 Å². The van der Waals surface area contributed by atoms with Crippen molar-refractivity contribution >= 4 is 33.1 Å². The normalized spacial score (nSPS) is 11.0. The summed E-state index contributed by atoms with van der Waals surface area (Å²) in [6, 6.07) is 12.0. The van der Waals surface area contributed by atoms with Crippen LogP contribution in [-0.4, -0.2) is 15.9 Å². The number of carbonyl (C=O) groups excluding carboxylic acids is 1. The Labute approximate surface area is 158 Å². The van der Waals surface area contributed by atoms with E-state index in [9.17, 15) is 9.18 Å². The van der Waals surface area contributed by atoms with Crippen LogP contribution < -0.4 is 5.32 Å². The van der Waals surface area contributed by atoms with Crippen LogP contribution >= 0.6 is 11.3 Å². The zero-order valence-corrected chi connectivity index (χ0v) is 15.3. The number of rotatable bonds is 5. The van der Waals surface area contributed by atoms with E-state index in [2.05, 4.69) is 15.3 Å². The van der Waals surface area contributed by atoms with Crippen LogP contribution in [0.25, 0.3) is 21.5 Å². The molecule has 0 aliphatic carbocycles. The molecule has 4 aromatic rings. The number of hydrogen-bond donors (Lipinski definition) is 1. The molecule has 0 aliphatic heterocycles. The van der Waals surface area contributed by atoms with Gasteiger partial charge in [0.1, 0.15) is 5.82 Å². The maximum atomic E-state index is 13.8. The van der Waals surface area contributed by atoms with Crippen molar-refractivity contribution in [2.45, 2.75) is 19.8 Å². The van der Waals surface area contributed by atoms with Gasteiger partial charge in [-0.1, -0.05) is 12.1 Å². The molecular formula is C20H16FN3O2S. The van der Waals surface area contributed by atoms with Gasteiger partial charge in [0, 0.05) is 18.5 Å². The van der Waals surface area contributed by atoms with E-state index in [0.717, 1.165) is 20.9 Å². The molecule has 7 heteroatoms. The fourth-order valence-corrected chi connectivity index (χ4v) is 3.64. The van der Waals surface area contributed by atoms with E-state index in [1.54, 1.807) is 29.5 Å². The molecule has 1 N–H and O–H groups in total. The van der Waals surface area contributed by atoms with E-state index >= 15 is 0 Å². The van der Waals surface area contributed by atoms with Gasteiger partial charge < -0.3 is 9.73 Å². The predicted octanol–water partition coefficient (Wildman–Crippen LogP) is 4.97. The van der Waals surface area contributed by atoms with Crippen molar-refractivity contribution in [1.82, 2.24) is 9.97 Å². The Bertz CT molecular complexity index is 1120. The van der Waals surface area contributed by atoms with Gasteiger partial charge >= 0.3 is 0 Å². The van der Waals surface area contributed by atoms with E-state index < -0.39 is 0 Å². The van der Waals surface area contributed by atoms with Crippen LogP contribution in [0, 0.1) is 12.7 Å². The summed E-state index contributed by atoms with van der Waals surface area (Å²) in [5.74, 6) is 0.249. The Hall–Kier alpha value is -3.06. The summed E-state index contributed by atoms with van der Waals surface area (Å²) in [6.45, 7) is 1.95. The summed E-state index contributed by atoms with van der Waals surface area (Å²) >= 11 is 1.59. The monoisotopic (exact) mass is 381 g/mol. The lowest BCUT2D eigenvalue weighted by Gasteiger charge is -2.04. The number of halogens is 1. The molecule has 0 fully saturated rings. The topological polar surface area (TPSA) is 68.0 Å². The first-order chi connectivity index (χ1) is 13.1. The molecule has 2 heterocycles. The molecule has 0 saturated carbocycles. The summed E-state index contributed by atoms with van der Waals surface area (Å²) in [6.07, 6.45) is 2.03. The molecule has 0 radical (unpaired) electrons. The Balaban J connectivity index is 1.38. The smallest absolute Gasteiger partial charge is 0.224 e. The molecule has 2 aromatic carbocycles. The maximum absolute atomic E-state index is 13.8. The molecule has 2 aromatic heterocycles. The van der Waals surface area contributed by atoms with Crippen LogP contribution in [0.5, 0.6) is 0 Å². The van der Waals surface area contributed by atoms with E-state index in [4.69, 9.17) is 4.42 Å².